The van der Waals surface area contributed by atoms with E-state index in [0.29, 0.717) is 11.6 Å². The van der Waals surface area contributed by atoms with E-state index in [2.05, 4.69) is 4.90 Å². The van der Waals surface area contributed by atoms with E-state index in [-0.39, 0.29) is 12.1 Å². The fourth-order valence-corrected chi connectivity index (χ4v) is 2.08. The number of likely N-dealkylation sites (N-methyl/N-ethyl adjacent to an activating group) is 1. The highest BCUT2D eigenvalue weighted by atomic mass is 35.5. The first-order valence-electron chi connectivity index (χ1n) is 4.48. The molecule has 0 saturated heterocycles. The van der Waals surface area contributed by atoms with Crippen LogP contribution in [0.2, 0.25) is 0 Å². The van der Waals surface area contributed by atoms with Crippen molar-refractivity contribution in [3.05, 3.63) is 10.6 Å². The van der Waals surface area contributed by atoms with Crippen molar-refractivity contribution in [2.24, 2.45) is 0 Å². The topological polar surface area (TPSA) is 23.5 Å². The number of hydrogen-bond donors (Lipinski definition) is 1. The molecule has 0 bridgehead atoms. The third-order valence-corrected chi connectivity index (χ3v) is 3.13. The van der Waals surface area contributed by atoms with Crippen LogP contribution in [-0.4, -0.2) is 35.7 Å². The van der Waals surface area contributed by atoms with Crippen LogP contribution in [0.3, 0.4) is 0 Å². The van der Waals surface area contributed by atoms with Crippen LogP contribution in [0.5, 0.6) is 0 Å². The van der Waals surface area contributed by atoms with Crippen molar-refractivity contribution >= 4 is 23.2 Å². The Labute approximate surface area is 89.1 Å². The number of halogens is 2. The van der Waals surface area contributed by atoms with Crippen LogP contribution in [0, 0.1) is 0 Å². The second-order valence-electron chi connectivity index (χ2n) is 3.54. The number of hydrogen-bond acceptors (Lipinski definition) is 2. The highest BCUT2D eigenvalue weighted by molar-refractivity contribution is 6.36. The number of aliphatic hydroxyl groups is 1. The zero-order chi connectivity index (χ0) is 9.84. The highest BCUT2D eigenvalue weighted by Gasteiger charge is 2.28. The Bertz CT molecular complexity index is 196. The molecular formula is C9H15Cl2NO. The summed E-state index contributed by atoms with van der Waals surface area (Å²) in [6, 6.07) is 0.241. The van der Waals surface area contributed by atoms with Gasteiger partial charge in [0.25, 0.3) is 0 Å². The third kappa shape index (κ3) is 3.13. The molecule has 0 amide bonds. The molecule has 0 unspecified atom stereocenters. The zero-order valence-corrected chi connectivity index (χ0v) is 9.22. The van der Waals surface area contributed by atoms with E-state index >= 15 is 0 Å². The molecular weight excluding hydrogens is 209 g/mol. The molecule has 1 aliphatic carbocycles. The lowest BCUT2D eigenvalue weighted by Gasteiger charge is -2.26. The van der Waals surface area contributed by atoms with E-state index in [4.69, 9.17) is 23.2 Å². The minimum atomic E-state index is -0.204. The van der Waals surface area contributed by atoms with Crippen LogP contribution in [0.15, 0.2) is 10.6 Å². The van der Waals surface area contributed by atoms with Crippen molar-refractivity contribution < 1.29 is 5.11 Å². The molecule has 2 nitrogen and oxygen atoms in total. The Balaban J connectivity index is 2.42. The van der Waals surface area contributed by atoms with Crippen LogP contribution in [0.1, 0.15) is 19.3 Å². The Morgan fingerprint density at radius 3 is 2.77 bits per heavy atom. The van der Waals surface area contributed by atoms with Gasteiger partial charge in [0.15, 0.2) is 0 Å². The predicted octanol–water partition coefficient (Wildman–Crippen LogP) is 2.15. The van der Waals surface area contributed by atoms with Gasteiger partial charge in [-0.25, -0.2) is 0 Å². The third-order valence-electron chi connectivity index (χ3n) is 2.53. The minimum absolute atomic E-state index is 0.204. The predicted molar refractivity (Wildman–Crippen MR) is 56.1 cm³/mol. The van der Waals surface area contributed by atoms with Crippen LogP contribution >= 0.6 is 23.2 Å². The first kappa shape index (κ1) is 11.3. The van der Waals surface area contributed by atoms with Crippen LogP contribution in [-0.2, 0) is 0 Å². The Morgan fingerprint density at radius 1 is 1.62 bits per heavy atom. The molecule has 1 aliphatic rings. The molecule has 76 valence electrons. The second kappa shape index (κ2) is 5.20. The molecule has 0 aromatic heterocycles. The molecule has 1 saturated carbocycles. The molecule has 0 aromatic rings. The largest absolute Gasteiger partial charge is 0.391 e. The van der Waals surface area contributed by atoms with Gasteiger partial charge in [0, 0.05) is 23.2 Å². The van der Waals surface area contributed by atoms with Crippen molar-refractivity contribution in [2.45, 2.75) is 31.4 Å². The minimum Gasteiger partial charge on any atom is -0.391 e. The van der Waals surface area contributed by atoms with Gasteiger partial charge in [-0.1, -0.05) is 23.2 Å². The maximum absolute atomic E-state index is 9.61. The van der Waals surface area contributed by atoms with Gasteiger partial charge >= 0.3 is 0 Å². The van der Waals surface area contributed by atoms with Gasteiger partial charge in [-0.2, -0.15) is 0 Å². The van der Waals surface area contributed by atoms with E-state index in [1.54, 1.807) is 0 Å². The number of aliphatic hydroxyl groups excluding tert-OH is 1. The van der Waals surface area contributed by atoms with Gasteiger partial charge < -0.3 is 5.11 Å². The fourth-order valence-electron chi connectivity index (χ4n) is 1.83. The molecule has 2 atom stereocenters. The SMILES string of the molecule is CN(C/C(Cl)=C/Cl)[C@@H]1CCC[C@H]1O. The molecule has 1 rings (SSSR count). The van der Waals surface area contributed by atoms with Crippen LogP contribution in [0.25, 0.3) is 0 Å². The summed E-state index contributed by atoms with van der Waals surface area (Å²) >= 11 is 11.2. The lowest BCUT2D eigenvalue weighted by atomic mass is 10.2. The summed E-state index contributed by atoms with van der Waals surface area (Å²) in [6.45, 7) is 0.618. The van der Waals surface area contributed by atoms with Gasteiger partial charge in [-0.15, -0.1) is 0 Å². The standard InChI is InChI=1S/C9H15Cl2NO/c1-12(6-7(11)5-10)8-3-2-4-9(8)13/h5,8-9,13H,2-4,6H2,1H3/b7-5-/t8-,9-/m1/s1. The number of nitrogens with zero attached hydrogens (tertiary/aromatic N) is 1. The van der Waals surface area contributed by atoms with Crippen molar-refractivity contribution in [3.63, 3.8) is 0 Å². The molecule has 1 fully saturated rings. The maximum Gasteiger partial charge on any atom is 0.0695 e. The van der Waals surface area contributed by atoms with Gasteiger partial charge in [0.2, 0.25) is 0 Å². The molecule has 4 heteroatoms. The summed E-state index contributed by atoms with van der Waals surface area (Å²) in [4.78, 5) is 2.05. The molecule has 0 radical (unpaired) electrons. The average molecular weight is 224 g/mol. The molecule has 13 heavy (non-hydrogen) atoms. The van der Waals surface area contributed by atoms with Gasteiger partial charge in [0.05, 0.1) is 6.10 Å². The zero-order valence-electron chi connectivity index (χ0n) is 7.71. The van der Waals surface area contributed by atoms with Gasteiger partial charge in [0.1, 0.15) is 0 Å². The molecule has 0 aliphatic heterocycles. The normalized spacial score (nSPS) is 30.1. The van der Waals surface area contributed by atoms with E-state index in [1.807, 2.05) is 7.05 Å². The Morgan fingerprint density at radius 2 is 2.31 bits per heavy atom. The average Bonchev–Trinajstić information content (AvgIpc) is 2.51. The quantitative estimate of drug-likeness (QED) is 0.793. The summed E-state index contributed by atoms with van der Waals surface area (Å²) in [5.41, 5.74) is 1.37. The van der Waals surface area contributed by atoms with E-state index in [1.165, 1.54) is 5.54 Å². The van der Waals surface area contributed by atoms with Crippen molar-refractivity contribution in [2.75, 3.05) is 13.6 Å². The first-order chi connectivity index (χ1) is 6.15. The first-order valence-corrected chi connectivity index (χ1v) is 5.29. The van der Waals surface area contributed by atoms with Crippen molar-refractivity contribution in [1.82, 2.24) is 4.90 Å². The fraction of sp³-hybridized carbons (Fsp3) is 0.778. The maximum atomic E-state index is 9.61. The lowest BCUT2D eigenvalue weighted by molar-refractivity contribution is 0.0923. The van der Waals surface area contributed by atoms with Crippen LogP contribution in [0.4, 0.5) is 0 Å². The van der Waals surface area contributed by atoms with Gasteiger partial charge in [-0.05, 0) is 26.3 Å². The van der Waals surface area contributed by atoms with E-state index < -0.39 is 0 Å². The summed E-state index contributed by atoms with van der Waals surface area (Å²) in [5.74, 6) is 0. The van der Waals surface area contributed by atoms with Gasteiger partial charge in [-0.3, -0.25) is 4.90 Å². The highest BCUT2D eigenvalue weighted by Crippen LogP contribution is 2.24. The Hall–Kier alpha value is 0.240. The summed E-state index contributed by atoms with van der Waals surface area (Å²) < 4.78 is 0. The number of rotatable bonds is 3. The van der Waals surface area contributed by atoms with E-state index in [9.17, 15) is 5.11 Å². The lowest BCUT2D eigenvalue weighted by Crippen LogP contribution is -2.38. The van der Waals surface area contributed by atoms with Crippen molar-refractivity contribution in [3.8, 4) is 0 Å². The summed E-state index contributed by atoms with van der Waals surface area (Å²) in [7, 11) is 1.96. The van der Waals surface area contributed by atoms with E-state index in [0.717, 1.165) is 19.3 Å². The Kier molecular flexibility index (Phi) is 4.53. The second-order valence-corrected chi connectivity index (χ2v) is 4.24. The van der Waals surface area contributed by atoms with Crippen LogP contribution < -0.4 is 0 Å². The van der Waals surface area contributed by atoms with Crippen molar-refractivity contribution in [1.29, 1.82) is 0 Å². The molecule has 0 heterocycles. The monoisotopic (exact) mass is 223 g/mol. The molecule has 1 N–H and O–H groups in total. The summed E-state index contributed by atoms with van der Waals surface area (Å²) in [5, 5.41) is 10.2. The smallest absolute Gasteiger partial charge is 0.0695 e. The molecule has 0 spiro atoms. The molecule has 0 aromatic carbocycles. The summed E-state index contributed by atoms with van der Waals surface area (Å²) in [6.07, 6.45) is 2.84.